The molecule has 0 aromatic heterocycles. The Labute approximate surface area is 119 Å². The maximum atomic E-state index is 3.72. The number of hydrogen-bond acceptors (Lipinski definition) is 1. The Hall–Kier alpha value is -0.340. The molecule has 0 radical (unpaired) electrons. The fourth-order valence-electron chi connectivity index (χ4n) is 2.76. The summed E-state index contributed by atoms with van der Waals surface area (Å²) in [4.78, 5) is 0. The predicted octanol–water partition coefficient (Wildman–Crippen LogP) is 4.72. The molecule has 1 N–H and O–H groups in total. The smallest absolute Gasteiger partial charge is 0.0210 e. The van der Waals surface area contributed by atoms with Crippen molar-refractivity contribution in [1.29, 1.82) is 0 Å². The summed E-state index contributed by atoms with van der Waals surface area (Å²) in [6.45, 7) is 5.78. The lowest BCUT2D eigenvalue weighted by Gasteiger charge is -2.37. The molecule has 2 rings (SSSR count). The van der Waals surface area contributed by atoms with Crippen LogP contribution in [0.1, 0.15) is 51.0 Å². The van der Waals surface area contributed by atoms with E-state index in [1.165, 1.54) is 42.3 Å². The van der Waals surface area contributed by atoms with Gasteiger partial charge in [0, 0.05) is 10.5 Å². The third kappa shape index (κ3) is 3.36. The maximum absolute atomic E-state index is 3.72. The molecule has 1 aliphatic rings. The van der Waals surface area contributed by atoms with E-state index in [0.29, 0.717) is 0 Å². The molecule has 18 heavy (non-hydrogen) atoms. The minimum absolute atomic E-state index is 0.739. The van der Waals surface area contributed by atoms with Gasteiger partial charge in [-0.05, 0) is 42.9 Å². The molecule has 0 spiro atoms. The van der Waals surface area contributed by atoms with Crippen molar-refractivity contribution < 1.29 is 0 Å². The molecule has 0 saturated heterocycles. The van der Waals surface area contributed by atoms with Gasteiger partial charge in [0.15, 0.2) is 0 Å². The Bertz CT molecular complexity index is 367. The van der Waals surface area contributed by atoms with Crippen molar-refractivity contribution in [3.05, 3.63) is 34.3 Å². The van der Waals surface area contributed by atoms with Crippen LogP contribution in [-0.4, -0.2) is 12.6 Å². The molecule has 1 nitrogen and oxygen atoms in total. The molecule has 100 valence electrons. The predicted molar refractivity (Wildman–Crippen MR) is 82.0 cm³/mol. The molecule has 0 bridgehead atoms. The first-order valence-corrected chi connectivity index (χ1v) is 8.01. The molecule has 0 aliphatic heterocycles. The van der Waals surface area contributed by atoms with Gasteiger partial charge in [0.2, 0.25) is 0 Å². The molecular formula is C16H24BrN. The standard InChI is InChI=1S/C16H24BrN/c1-3-12(4-2)11-18-14-9-13(10-14)15-7-5-6-8-16(15)17/h5-8,12-14,18H,3-4,9-11H2,1-2H3. The van der Waals surface area contributed by atoms with Gasteiger partial charge in [0.25, 0.3) is 0 Å². The SMILES string of the molecule is CCC(CC)CNC1CC(c2ccccc2Br)C1. The topological polar surface area (TPSA) is 12.0 Å². The second-order valence-corrected chi connectivity index (χ2v) is 6.33. The number of halogens is 1. The zero-order valence-electron chi connectivity index (χ0n) is 11.5. The Morgan fingerprint density at radius 1 is 1.22 bits per heavy atom. The van der Waals surface area contributed by atoms with Gasteiger partial charge in [-0.2, -0.15) is 0 Å². The largest absolute Gasteiger partial charge is 0.314 e. The Balaban J connectivity index is 1.76. The zero-order valence-corrected chi connectivity index (χ0v) is 13.0. The second kappa shape index (κ2) is 6.72. The van der Waals surface area contributed by atoms with Crippen LogP contribution in [0.2, 0.25) is 0 Å². The van der Waals surface area contributed by atoms with E-state index in [1.54, 1.807) is 0 Å². The highest BCUT2D eigenvalue weighted by Gasteiger charge is 2.31. The van der Waals surface area contributed by atoms with Crippen LogP contribution in [0.15, 0.2) is 28.7 Å². The van der Waals surface area contributed by atoms with Gasteiger partial charge in [0.1, 0.15) is 0 Å². The van der Waals surface area contributed by atoms with Crippen LogP contribution in [0, 0.1) is 5.92 Å². The highest BCUT2D eigenvalue weighted by molar-refractivity contribution is 9.10. The Morgan fingerprint density at radius 3 is 2.50 bits per heavy atom. The van der Waals surface area contributed by atoms with Crippen molar-refractivity contribution in [2.24, 2.45) is 5.92 Å². The lowest BCUT2D eigenvalue weighted by Crippen LogP contribution is -2.42. The van der Waals surface area contributed by atoms with E-state index in [1.807, 2.05) is 0 Å². The molecule has 0 atom stereocenters. The normalized spacial score (nSPS) is 23.1. The first-order valence-electron chi connectivity index (χ1n) is 7.22. The lowest BCUT2D eigenvalue weighted by atomic mass is 9.75. The maximum Gasteiger partial charge on any atom is 0.0210 e. The zero-order chi connectivity index (χ0) is 13.0. The van der Waals surface area contributed by atoms with Crippen molar-refractivity contribution >= 4 is 15.9 Å². The van der Waals surface area contributed by atoms with Crippen LogP contribution in [0.5, 0.6) is 0 Å². The molecule has 1 aliphatic carbocycles. The Morgan fingerprint density at radius 2 is 1.89 bits per heavy atom. The molecule has 1 aromatic rings. The summed E-state index contributed by atoms with van der Waals surface area (Å²) >= 11 is 3.66. The molecular weight excluding hydrogens is 286 g/mol. The van der Waals surface area contributed by atoms with Crippen molar-refractivity contribution in [1.82, 2.24) is 5.32 Å². The summed E-state index contributed by atoms with van der Waals surface area (Å²) in [6, 6.07) is 9.38. The van der Waals surface area contributed by atoms with Crippen LogP contribution < -0.4 is 5.32 Å². The third-order valence-electron chi connectivity index (χ3n) is 4.33. The van der Waals surface area contributed by atoms with E-state index in [9.17, 15) is 0 Å². The monoisotopic (exact) mass is 309 g/mol. The summed E-state index contributed by atoms with van der Waals surface area (Å²) in [5.41, 5.74) is 1.48. The van der Waals surface area contributed by atoms with Crippen molar-refractivity contribution in [2.75, 3.05) is 6.54 Å². The molecule has 0 amide bonds. The third-order valence-corrected chi connectivity index (χ3v) is 5.06. The van der Waals surface area contributed by atoms with E-state index in [2.05, 4.69) is 59.4 Å². The minimum Gasteiger partial charge on any atom is -0.314 e. The van der Waals surface area contributed by atoms with E-state index in [4.69, 9.17) is 0 Å². The highest BCUT2D eigenvalue weighted by atomic mass is 79.9. The highest BCUT2D eigenvalue weighted by Crippen LogP contribution is 2.40. The molecule has 1 saturated carbocycles. The first kappa shape index (κ1) is 14.1. The summed E-state index contributed by atoms with van der Waals surface area (Å²) < 4.78 is 1.27. The van der Waals surface area contributed by atoms with Crippen molar-refractivity contribution in [2.45, 2.75) is 51.5 Å². The summed E-state index contributed by atoms with van der Waals surface area (Å²) in [6.07, 6.45) is 5.18. The second-order valence-electron chi connectivity index (χ2n) is 5.48. The van der Waals surface area contributed by atoms with Gasteiger partial charge >= 0.3 is 0 Å². The van der Waals surface area contributed by atoms with Gasteiger partial charge in [0.05, 0.1) is 0 Å². The number of hydrogen-bond donors (Lipinski definition) is 1. The van der Waals surface area contributed by atoms with Crippen LogP contribution >= 0.6 is 15.9 Å². The molecule has 1 aromatic carbocycles. The van der Waals surface area contributed by atoms with Gasteiger partial charge in [-0.15, -0.1) is 0 Å². The molecule has 0 heterocycles. The van der Waals surface area contributed by atoms with Crippen LogP contribution in [0.25, 0.3) is 0 Å². The van der Waals surface area contributed by atoms with E-state index < -0.39 is 0 Å². The number of benzene rings is 1. The van der Waals surface area contributed by atoms with Crippen LogP contribution in [0.3, 0.4) is 0 Å². The Kier molecular flexibility index (Phi) is 5.25. The fraction of sp³-hybridized carbons (Fsp3) is 0.625. The van der Waals surface area contributed by atoms with Crippen LogP contribution in [0.4, 0.5) is 0 Å². The van der Waals surface area contributed by atoms with Crippen molar-refractivity contribution in [3.63, 3.8) is 0 Å². The fourth-order valence-corrected chi connectivity index (χ4v) is 3.36. The van der Waals surface area contributed by atoms with Gasteiger partial charge in [-0.25, -0.2) is 0 Å². The average molecular weight is 310 g/mol. The number of nitrogens with one attached hydrogen (secondary N) is 1. The average Bonchev–Trinajstić information content (AvgIpc) is 2.34. The van der Waals surface area contributed by atoms with Crippen molar-refractivity contribution in [3.8, 4) is 0 Å². The molecule has 0 unspecified atom stereocenters. The van der Waals surface area contributed by atoms with E-state index >= 15 is 0 Å². The lowest BCUT2D eigenvalue weighted by molar-refractivity contribution is 0.271. The minimum atomic E-state index is 0.739. The van der Waals surface area contributed by atoms with Gasteiger partial charge in [-0.1, -0.05) is 60.8 Å². The van der Waals surface area contributed by atoms with Crippen LogP contribution in [-0.2, 0) is 0 Å². The quantitative estimate of drug-likeness (QED) is 0.801. The van der Waals surface area contributed by atoms with Gasteiger partial charge < -0.3 is 5.32 Å². The summed E-state index contributed by atoms with van der Waals surface area (Å²) in [7, 11) is 0. The first-order chi connectivity index (χ1) is 8.74. The summed E-state index contributed by atoms with van der Waals surface area (Å²) in [5, 5.41) is 3.72. The van der Waals surface area contributed by atoms with E-state index in [0.717, 1.165) is 17.9 Å². The number of rotatable bonds is 6. The van der Waals surface area contributed by atoms with E-state index in [-0.39, 0.29) is 0 Å². The molecule has 1 fully saturated rings. The molecule has 2 heteroatoms. The van der Waals surface area contributed by atoms with Gasteiger partial charge in [-0.3, -0.25) is 0 Å². The summed E-state index contributed by atoms with van der Waals surface area (Å²) in [5.74, 6) is 1.60.